The zero-order valence-corrected chi connectivity index (χ0v) is 11.5. The zero-order valence-electron chi connectivity index (χ0n) is 10.8. The molecule has 21 heavy (non-hydrogen) atoms. The van der Waals surface area contributed by atoms with Crippen LogP contribution in [0.1, 0.15) is 10.6 Å². The first kappa shape index (κ1) is 13.3. The molecule has 3 rings (SSSR count). The first-order valence-corrected chi connectivity index (χ1v) is 6.54. The van der Waals surface area contributed by atoms with Gasteiger partial charge >= 0.3 is 0 Å². The van der Waals surface area contributed by atoms with Gasteiger partial charge < -0.3 is 9.73 Å². The van der Waals surface area contributed by atoms with Crippen LogP contribution < -0.4 is 5.32 Å². The molecule has 2 aromatic heterocycles. The number of carbonyl (C=O) groups excluding carboxylic acids is 1. The van der Waals surface area contributed by atoms with Crippen molar-refractivity contribution in [2.75, 3.05) is 5.32 Å². The normalized spacial score (nSPS) is 10.3. The van der Waals surface area contributed by atoms with E-state index in [9.17, 15) is 4.79 Å². The number of carbonyl (C=O) groups is 1. The van der Waals surface area contributed by atoms with Crippen LogP contribution in [0.5, 0.6) is 0 Å². The van der Waals surface area contributed by atoms with Crippen molar-refractivity contribution in [2.24, 2.45) is 0 Å². The molecule has 0 unspecified atom stereocenters. The van der Waals surface area contributed by atoms with Crippen molar-refractivity contribution in [1.82, 2.24) is 9.97 Å². The van der Waals surface area contributed by atoms with Gasteiger partial charge in [0.15, 0.2) is 16.8 Å². The van der Waals surface area contributed by atoms with Gasteiger partial charge in [0.05, 0.1) is 18.1 Å². The monoisotopic (exact) mass is 299 g/mol. The summed E-state index contributed by atoms with van der Waals surface area (Å²) >= 11 is 5.62. The Morgan fingerprint density at radius 3 is 2.38 bits per heavy atom. The molecule has 1 N–H and O–H groups in total. The average molecular weight is 300 g/mol. The molecule has 6 heteroatoms. The number of hydrogen-bond acceptors (Lipinski definition) is 4. The summed E-state index contributed by atoms with van der Waals surface area (Å²) in [4.78, 5) is 20.3. The molecule has 0 aliphatic carbocycles. The van der Waals surface area contributed by atoms with Crippen molar-refractivity contribution in [3.63, 3.8) is 0 Å². The summed E-state index contributed by atoms with van der Waals surface area (Å²) in [5, 5.41) is 2.80. The summed E-state index contributed by atoms with van der Waals surface area (Å²) in [5.41, 5.74) is 1.39. The molecule has 104 valence electrons. The maximum Gasteiger partial charge on any atom is 0.291 e. The van der Waals surface area contributed by atoms with Gasteiger partial charge in [-0.15, -0.1) is 0 Å². The topological polar surface area (TPSA) is 68.0 Å². The highest BCUT2D eigenvalue weighted by molar-refractivity contribution is 6.29. The number of halogens is 1. The van der Waals surface area contributed by atoms with Crippen molar-refractivity contribution in [3.8, 4) is 11.4 Å². The third kappa shape index (κ3) is 3.09. The standard InChI is InChI=1S/C15H10ClN3O2/c16-13-7-6-12(21-13)15(20)19-11-8-17-14(18-9-11)10-4-2-1-3-5-10/h1-9H,(H,19,20). The maximum absolute atomic E-state index is 11.9. The number of amides is 1. The molecule has 1 aromatic carbocycles. The average Bonchev–Trinajstić information content (AvgIpc) is 2.96. The van der Waals surface area contributed by atoms with E-state index in [1.165, 1.54) is 24.5 Å². The van der Waals surface area contributed by atoms with Gasteiger partial charge in [0, 0.05) is 5.56 Å². The lowest BCUT2D eigenvalue weighted by molar-refractivity contribution is 0.0996. The lowest BCUT2D eigenvalue weighted by atomic mass is 10.2. The van der Waals surface area contributed by atoms with E-state index < -0.39 is 5.91 Å². The van der Waals surface area contributed by atoms with E-state index >= 15 is 0 Å². The Labute approximate surface area is 125 Å². The predicted molar refractivity (Wildman–Crippen MR) is 79.1 cm³/mol. The molecule has 0 radical (unpaired) electrons. The van der Waals surface area contributed by atoms with Crippen molar-refractivity contribution >= 4 is 23.2 Å². The van der Waals surface area contributed by atoms with Crippen LogP contribution in [-0.4, -0.2) is 15.9 Å². The van der Waals surface area contributed by atoms with Crippen LogP contribution in [0.4, 0.5) is 5.69 Å². The van der Waals surface area contributed by atoms with Gasteiger partial charge in [-0.05, 0) is 23.7 Å². The van der Waals surface area contributed by atoms with Gasteiger partial charge in [-0.2, -0.15) is 0 Å². The van der Waals surface area contributed by atoms with Crippen molar-refractivity contribution in [1.29, 1.82) is 0 Å². The highest BCUT2D eigenvalue weighted by atomic mass is 35.5. The van der Waals surface area contributed by atoms with Crippen molar-refractivity contribution < 1.29 is 9.21 Å². The number of rotatable bonds is 3. The fourth-order valence-corrected chi connectivity index (χ4v) is 1.90. The molecule has 0 bridgehead atoms. The minimum absolute atomic E-state index is 0.132. The van der Waals surface area contributed by atoms with Crippen molar-refractivity contribution in [2.45, 2.75) is 0 Å². The SMILES string of the molecule is O=C(Nc1cnc(-c2ccccc2)nc1)c1ccc(Cl)o1. The molecular weight excluding hydrogens is 290 g/mol. The quantitative estimate of drug-likeness (QED) is 0.801. The summed E-state index contributed by atoms with van der Waals surface area (Å²) in [7, 11) is 0. The summed E-state index contributed by atoms with van der Waals surface area (Å²) < 4.78 is 5.02. The van der Waals surface area contributed by atoms with E-state index in [1.807, 2.05) is 30.3 Å². The Hall–Kier alpha value is -2.66. The maximum atomic E-state index is 11.9. The number of nitrogens with one attached hydrogen (secondary N) is 1. The minimum atomic E-state index is -0.405. The number of furan rings is 1. The lowest BCUT2D eigenvalue weighted by Gasteiger charge is -2.04. The third-order valence-electron chi connectivity index (χ3n) is 2.74. The highest BCUT2D eigenvalue weighted by Gasteiger charge is 2.11. The molecule has 0 aliphatic heterocycles. The molecule has 0 aliphatic rings. The Morgan fingerprint density at radius 2 is 1.76 bits per heavy atom. The molecule has 0 saturated heterocycles. The smallest absolute Gasteiger partial charge is 0.291 e. The van der Waals surface area contributed by atoms with Crippen LogP contribution in [0, 0.1) is 0 Å². The zero-order chi connectivity index (χ0) is 14.7. The Bertz CT molecular complexity index is 754. The molecule has 3 aromatic rings. The van der Waals surface area contributed by atoms with Gasteiger partial charge in [-0.3, -0.25) is 4.79 Å². The largest absolute Gasteiger partial charge is 0.440 e. The Morgan fingerprint density at radius 1 is 1.05 bits per heavy atom. The molecule has 0 atom stereocenters. The van der Waals surface area contributed by atoms with Gasteiger partial charge in [-0.1, -0.05) is 30.3 Å². The summed E-state index contributed by atoms with van der Waals surface area (Å²) in [6.45, 7) is 0. The van der Waals surface area contributed by atoms with Gasteiger partial charge in [0.1, 0.15) is 0 Å². The van der Waals surface area contributed by atoms with Crippen LogP contribution in [0.3, 0.4) is 0 Å². The number of nitrogens with zero attached hydrogens (tertiary/aromatic N) is 2. The van der Waals surface area contributed by atoms with E-state index in [1.54, 1.807) is 0 Å². The van der Waals surface area contributed by atoms with Crippen LogP contribution in [0.2, 0.25) is 5.22 Å². The van der Waals surface area contributed by atoms with E-state index in [2.05, 4.69) is 15.3 Å². The third-order valence-corrected chi connectivity index (χ3v) is 2.94. The molecule has 0 saturated carbocycles. The second-order valence-electron chi connectivity index (χ2n) is 4.22. The predicted octanol–water partition coefficient (Wildman–Crippen LogP) is 3.64. The van der Waals surface area contributed by atoms with E-state index in [-0.39, 0.29) is 11.0 Å². The van der Waals surface area contributed by atoms with E-state index in [0.29, 0.717) is 11.5 Å². The molecular formula is C15H10ClN3O2. The number of hydrogen-bond donors (Lipinski definition) is 1. The minimum Gasteiger partial charge on any atom is -0.440 e. The van der Waals surface area contributed by atoms with Crippen LogP contribution >= 0.6 is 11.6 Å². The molecule has 2 heterocycles. The highest BCUT2D eigenvalue weighted by Crippen LogP contribution is 2.17. The number of aromatic nitrogens is 2. The van der Waals surface area contributed by atoms with Crippen LogP contribution in [0.25, 0.3) is 11.4 Å². The van der Waals surface area contributed by atoms with E-state index in [4.69, 9.17) is 16.0 Å². The number of anilines is 1. The molecule has 5 nitrogen and oxygen atoms in total. The number of benzene rings is 1. The fourth-order valence-electron chi connectivity index (χ4n) is 1.76. The molecule has 1 amide bonds. The first-order chi connectivity index (χ1) is 10.2. The summed E-state index contributed by atoms with van der Waals surface area (Å²) in [6, 6.07) is 12.6. The molecule has 0 spiro atoms. The van der Waals surface area contributed by atoms with Gasteiger partial charge in [0.25, 0.3) is 5.91 Å². The Kier molecular flexibility index (Phi) is 3.66. The van der Waals surface area contributed by atoms with Crippen molar-refractivity contribution in [3.05, 3.63) is 65.8 Å². The summed E-state index contributed by atoms with van der Waals surface area (Å²) in [5.74, 6) is 0.319. The summed E-state index contributed by atoms with van der Waals surface area (Å²) in [6.07, 6.45) is 3.08. The second-order valence-corrected chi connectivity index (χ2v) is 4.59. The molecule has 0 fully saturated rings. The van der Waals surface area contributed by atoms with Gasteiger partial charge in [-0.25, -0.2) is 9.97 Å². The Balaban J connectivity index is 1.74. The van der Waals surface area contributed by atoms with Gasteiger partial charge in [0.2, 0.25) is 0 Å². The first-order valence-electron chi connectivity index (χ1n) is 6.16. The van der Waals surface area contributed by atoms with E-state index in [0.717, 1.165) is 5.56 Å². The van der Waals surface area contributed by atoms with Crippen LogP contribution in [0.15, 0.2) is 59.3 Å². The second kappa shape index (κ2) is 5.76. The van der Waals surface area contributed by atoms with Crippen LogP contribution in [-0.2, 0) is 0 Å². The fraction of sp³-hybridized carbons (Fsp3) is 0. The lowest BCUT2D eigenvalue weighted by Crippen LogP contribution is -2.11.